The maximum Gasteiger partial charge on any atom is 0.134 e. The first kappa shape index (κ1) is 23.1. The van der Waals surface area contributed by atoms with E-state index in [4.69, 9.17) is 9.68 Å². The Kier molecular flexibility index (Phi) is 7.15. The first-order valence-corrected chi connectivity index (χ1v) is 11.2. The van der Waals surface area contributed by atoms with Crippen molar-refractivity contribution in [2.75, 3.05) is 26.2 Å². The van der Waals surface area contributed by atoms with Crippen molar-refractivity contribution in [2.24, 2.45) is 0 Å². The predicted octanol–water partition coefficient (Wildman–Crippen LogP) is 6.02. The van der Waals surface area contributed by atoms with Gasteiger partial charge in [-0.15, -0.1) is 12.4 Å². The lowest BCUT2D eigenvalue weighted by molar-refractivity contribution is 0.116. The molecule has 1 aliphatic rings. The van der Waals surface area contributed by atoms with Gasteiger partial charge in [-0.3, -0.25) is 9.80 Å². The Morgan fingerprint density at radius 3 is 2.24 bits per heavy atom. The second-order valence-corrected chi connectivity index (χ2v) is 8.70. The highest BCUT2D eigenvalue weighted by Gasteiger charge is 2.18. The normalized spacial score (nSPS) is 14.7. The molecule has 0 radical (unpaired) electrons. The highest BCUT2D eigenvalue weighted by Crippen LogP contribution is 2.27. The van der Waals surface area contributed by atoms with Gasteiger partial charge < -0.3 is 4.42 Å². The van der Waals surface area contributed by atoms with E-state index in [0.717, 1.165) is 61.6 Å². The molecule has 168 valence electrons. The predicted molar refractivity (Wildman–Crippen MR) is 135 cm³/mol. The number of furan rings is 1. The number of aryl methyl sites for hydroxylation is 1. The summed E-state index contributed by atoms with van der Waals surface area (Å²) < 4.78 is 6.14. The van der Waals surface area contributed by atoms with Crippen LogP contribution in [0.1, 0.15) is 22.5 Å². The number of hydrogen-bond acceptors (Lipinski definition) is 4. The van der Waals surface area contributed by atoms with Gasteiger partial charge in [-0.2, -0.15) is 5.26 Å². The summed E-state index contributed by atoms with van der Waals surface area (Å²) in [5.41, 5.74) is 6.62. The minimum absolute atomic E-state index is 0. The highest BCUT2D eigenvalue weighted by atomic mass is 35.5. The third-order valence-corrected chi connectivity index (χ3v) is 6.26. The van der Waals surface area contributed by atoms with E-state index in [1.54, 1.807) is 0 Å². The summed E-state index contributed by atoms with van der Waals surface area (Å²) in [7, 11) is 0. The molecule has 1 saturated heterocycles. The monoisotopic (exact) mass is 457 g/mol. The van der Waals surface area contributed by atoms with E-state index in [9.17, 15) is 0 Å². The molecule has 3 aromatic carbocycles. The van der Waals surface area contributed by atoms with Gasteiger partial charge in [0.15, 0.2) is 0 Å². The quantitative estimate of drug-likeness (QED) is 0.367. The molecule has 0 aliphatic carbocycles. The zero-order chi connectivity index (χ0) is 21.9. The molecule has 33 heavy (non-hydrogen) atoms. The Bertz CT molecular complexity index is 1260. The summed E-state index contributed by atoms with van der Waals surface area (Å²) in [6.45, 7) is 7.93. The Balaban J connectivity index is 0.00000259. The van der Waals surface area contributed by atoms with Gasteiger partial charge in [0.25, 0.3) is 0 Å². The first-order chi connectivity index (χ1) is 15.7. The van der Waals surface area contributed by atoms with E-state index >= 15 is 0 Å². The Labute approximate surface area is 201 Å². The van der Waals surface area contributed by atoms with Crippen molar-refractivity contribution < 1.29 is 4.42 Å². The van der Waals surface area contributed by atoms with Crippen molar-refractivity contribution in [1.29, 1.82) is 5.26 Å². The van der Waals surface area contributed by atoms with Crippen LogP contribution in [0.5, 0.6) is 0 Å². The molecule has 5 rings (SSSR count). The molecule has 0 N–H and O–H groups in total. The molecule has 5 heteroatoms. The molecule has 1 aliphatic heterocycles. The van der Waals surface area contributed by atoms with Crippen molar-refractivity contribution in [3.05, 3.63) is 95.2 Å². The largest absolute Gasteiger partial charge is 0.460 e. The van der Waals surface area contributed by atoms with Crippen LogP contribution in [0, 0.1) is 18.3 Å². The molecule has 4 aromatic rings. The van der Waals surface area contributed by atoms with Crippen LogP contribution in [0.3, 0.4) is 0 Å². The average molecular weight is 458 g/mol. The standard InChI is InChI=1S/C28H27N3O.ClH/c1-21-5-7-24(8-6-21)25-9-10-28-26(16-25)17-27(32-28)20-31-13-11-30(12-14-31)19-23-4-2-3-22(15-23)18-29;/h2-10,15-17H,11-14,19-20H2,1H3;1H. The lowest BCUT2D eigenvalue weighted by Crippen LogP contribution is -2.45. The number of nitrogens with zero attached hydrogens (tertiary/aromatic N) is 3. The van der Waals surface area contributed by atoms with E-state index in [1.807, 2.05) is 18.2 Å². The fourth-order valence-corrected chi connectivity index (χ4v) is 4.43. The van der Waals surface area contributed by atoms with Crippen molar-refractivity contribution >= 4 is 23.4 Å². The fourth-order valence-electron chi connectivity index (χ4n) is 4.43. The van der Waals surface area contributed by atoms with Crippen molar-refractivity contribution in [1.82, 2.24) is 9.80 Å². The zero-order valence-electron chi connectivity index (χ0n) is 18.8. The van der Waals surface area contributed by atoms with Crippen molar-refractivity contribution in [3.8, 4) is 17.2 Å². The van der Waals surface area contributed by atoms with Gasteiger partial charge in [0.05, 0.1) is 18.2 Å². The van der Waals surface area contributed by atoms with E-state index in [-0.39, 0.29) is 12.4 Å². The van der Waals surface area contributed by atoms with E-state index in [2.05, 4.69) is 77.4 Å². The molecular formula is C28H28ClN3O. The Hall–Kier alpha value is -3.10. The summed E-state index contributed by atoms with van der Waals surface area (Å²) in [4.78, 5) is 4.92. The van der Waals surface area contributed by atoms with E-state index < -0.39 is 0 Å². The van der Waals surface area contributed by atoms with Crippen LogP contribution >= 0.6 is 12.4 Å². The minimum Gasteiger partial charge on any atom is -0.460 e. The highest BCUT2D eigenvalue weighted by molar-refractivity contribution is 5.85. The number of piperazine rings is 1. The number of fused-ring (bicyclic) bond motifs is 1. The topological polar surface area (TPSA) is 43.4 Å². The molecule has 1 aromatic heterocycles. The van der Waals surface area contributed by atoms with Crippen molar-refractivity contribution in [2.45, 2.75) is 20.0 Å². The molecule has 4 nitrogen and oxygen atoms in total. The molecule has 0 unspecified atom stereocenters. The Morgan fingerprint density at radius 2 is 1.52 bits per heavy atom. The molecule has 0 bridgehead atoms. The molecule has 1 fully saturated rings. The minimum atomic E-state index is 0. The van der Waals surface area contributed by atoms with Gasteiger partial charge in [-0.1, -0.05) is 48.0 Å². The van der Waals surface area contributed by atoms with Gasteiger partial charge in [-0.25, -0.2) is 0 Å². The molecule has 0 amide bonds. The number of nitriles is 1. The lowest BCUT2D eigenvalue weighted by atomic mass is 10.0. The fraction of sp³-hybridized carbons (Fsp3) is 0.250. The third kappa shape index (κ3) is 5.46. The van der Waals surface area contributed by atoms with Crippen LogP contribution in [-0.2, 0) is 13.1 Å². The van der Waals surface area contributed by atoms with Crippen molar-refractivity contribution in [3.63, 3.8) is 0 Å². The second kappa shape index (κ2) is 10.2. The second-order valence-electron chi connectivity index (χ2n) is 8.70. The maximum absolute atomic E-state index is 9.10. The molecule has 0 saturated carbocycles. The van der Waals surface area contributed by atoms with Gasteiger partial charge in [0.2, 0.25) is 0 Å². The Morgan fingerprint density at radius 1 is 0.818 bits per heavy atom. The SMILES string of the molecule is Cc1ccc(-c2ccc3oc(CN4CCN(Cc5cccc(C#N)c5)CC4)cc3c2)cc1.Cl. The van der Waals surface area contributed by atoms with Crippen LogP contribution in [0.25, 0.3) is 22.1 Å². The summed E-state index contributed by atoms with van der Waals surface area (Å²) in [5.74, 6) is 1.02. The molecule has 2 heterocycles. The lowest BCUT2D eigenvalue weighted by Gasteiger charge is -2.34. The van der Waals surface area contributed by atoms with Gasteiger partial charge in [-0.05, 0) is 53.9 Å². The van der Waals surface area contributed by atoms with Gasteiger partial charge in [0, 0.05) is 38.1 Å². The van der Waals surface area contributed by atoms with E-state index in [0.29, 0.717) is 0 Å². The van der Waals surface area contributed by atoms with Gasteiger partial charge >= 0.3 is 0 Å². The number of halogens is 1. The number of rotatable bonds is 5. The summed E-state index contributed by atoms with van der Waals surface area (Å²) in [6.07, 6.45) is 0. The summed E-state index contributed by atoms with van der Waals surface area (Å²) in [5, 5.41) is 10.3. The van der Waals surface area contributed by atoms with Gasteiger partial charge in [0.1, 0.15) is 11.3 Å². The maximum atomic E-state index is 9.10. The number of hydrogen-bond donors (Lipinski definition) is 0. The van der Waals surface area contributed by atoms with Crippen LogP contribution in [-0.4, -0.2) is 36.0 Å². The van der Waals surface area contributed by atoms with E-state index in [1.165, 1.54) is 22.3 Å². The van der Waals surface area contributed by atoms with Crippen LogP contribution in [0.15, 0.2) is 77.2 Å². The zero-order valence-corrected chi connectivity index (χ0v) is 19.6. The first-order valence-electron chi connectivity index (χ1n) is 11.2. The molecule has 0 spiro atoms. The average Bonchev–Trinajstić information content (AvgIpc) is 3.22. The smallest absolute Gasteiger partial charge is 0.134 e. The molecular weight excluding hydrogens is 430 g/mol. The third-order valence-electron chi connectivity index (χ3n) is 6.26. The summed E-state index contributed by atoms with van der Waals surface area (Å²) in [6, 6.07) is 27.4. The van der Waals surface area contributed by atoms with Crippen LogP contribution in [0.4, 0.5) is 0 Å². The van der Waals surface area contributed by atoms with Crippen LogP contribution in [0.2, 0.25) is 0 Å². The summed E-state index contributed by atoms with van der Waals surface area (Å²) >= 11 is 0. The van der Waals surface area contributed by atoms with Crippen LogP contribution < -0.4 is 0 Å². The number of benzene rings is 3. The molecule has 0 atom stereocenters.